The Morgan fingerprint density at radius 2 is 2.14 bits per heavy atom. The molecule has 1 aromatic carbocycles. The fourth-order valence-electron chi connectivity index (χ4n) is 1.49. The third-order valence-electron chi connectivity index (χ3n) is 2.20. The lowest BCUT2D eigenvalue weighted by atomic mass is 10.2. The van der Waals surface area contributed by atoms with Gasteiger partial charge in [0.05, 0.1) is 0 Å². The van der Waals surface area contributed by atoms with Crippen molar-refractivity contribution < 1.29 is 0 Å². The van der Waals surface area contributed by atoms with Gasteiger partial charge in [0, 0.05) is 35.2 Å². The lowest BCUT2D eigenvalue weighted by Crippen LogP contribution is -2.19. The van der Waals surface area contributed by atoms with Crippen molar-refractivity contribution >= 4 is 33.2 Å². The molecule has 1 aromatic rings. The smallest absolute Gasteiger partial charge is 0.0467 e. The van der Waals surface area contributed by atoms with Gasteiger partial charge in [-0.1, -0.05) is 40.5 Å². The van der Waals surface area contributed by atoms with E-state index in [1.165, 1.54) is 11.3 Å². The van der Waals surface area contributed by atoms with Gasteiger partial charge in [0.25, 0.3) is 0 Å². The number of benzene rings is 1. The van der Waals surface area contributed by atoms with Crippen molar-refractivity contribution in [2.24, 2.45) is 0 Å². The lowest BCUT2D eigenvalue weighted by molar-refractivity contribution is 0.849. The second kappa shape index (κ2) is 5.62. The zero-order chi connectivity index (χ0) is 10.6. The van der Waals surface area contributed by atoms with Gasteiger partial charge in [0.2, 0.25) is 0 Å². The van der Waals surface area contributed by atoms with Crippen molar-refractivity contribution in [2.45, 2.75) is 18.7 Å². The maximum absolute atomic E-state index is 6.12. The number of alkyl halides is 1. The number of anilines is 1. The molecule has 14 heavy (non-hydrogen) atoms. The van der Waals surface area contributed by atoms with Gasteiger partial charge in [0.1, 0.15) is 0 Å². The largest absolute Gasteiger partial charge is 0.374 e. The van der Waals surface area contributed by atoms with Crippen molar-refractivity contribution in [1.82, 2.24) is 0 Å². The summed E-state index contributed by atoms with van der Waals surface area (Å²) in [4.78, 5) is 2.24. The van der Waals surface area contributed by atoms with Gasteiger partial charge >= 0.3 is 0 Å². The molecule has 0 atom stereocenters. The summed E-state index contributed by atoms with van der Waals surface area (Å²) in [6.45, 7) is 3.23. The number of hydrogen-bond donors (Lipinski definition) is 0. The standard InChI is InChI=1S/C11H15BrClN/c1-3-7-14(2)11-6-4-5-10(13)9(11)8-12/h4-6H,3,7-8H2,1-2H3. The Hall–Kier alpha value is -0.210. The Bertz CT molecular complexity index is 301. The molecule has 0 amide bonds. The Kier molecular flexibility index (Phi) is 4.76. The van der Waals surface area contributed by atoms with Crippen LogP contribution in [0.2, 0.25) is 5.02 Å². The second-order valence-corrected chi connectivity index (χ2v) is 4.26. The Morgan fingerprint density at radius 3 is 2.71 bits per heavy atom. The average Bonchev–Trinajstić information content (AvgIpc) is 2.17. The molecule has 0 bridgehead atoms. The molecule has 0 unspecified atom stereocenters. The first-order chi connectivity index (χ1) is 6.70. The van der Waals surface area contributed by atoms with E-state index in [9.17, 15) is 0 Å². The summed E-state index contributed by atoms with van der Waals surface area (Å²) in [6, 6.07) is 6.04. The van der Waals surface area contributed by atoms with E-state index < -0.39 is 0 Å². The molecular formula is C11H15BrClN. The van der Waals surface area contributed by atoms with Crippen LogP contribution < -0.4 is 4.90 Å². The zero-order valence-electron chi connectivity index (χ0n) is 8.56. The fourth-order valence-corrected chi connectivity index (χ4v) is 2.48. The predicted molar refractivity (Wildman–Crippen MR) is 67.6 cm³/mol. The molecule has 0 aromatic heterocycles. The maximum atomic E-state index is 6.12. The highest BCUT2D eigenvalue weighted by atomic mass is 79.9. The van der Waals surface area contributed by atoms with Gasteiger partial charge in [-0.3, -0.25) is 0 Å². The van der Waals surface area contributed by atoms with Crippen LogP contribution in [0.1, 0.15) is 18.9 Å². The molecule has 0 radical (unpaired) electrons. The summed E-state index contributed by atoms with van der Waals surface area (Å²) < 4.78 is 0. The Labute approximate surface area is 99.2 Å². The molecule has 0 aliphatic rings. The highest BCUT2D eigenvalue weighted by Gasteiger charge is 2.08. The van der Waals surface area contributed by atoms with Crippen molar-refractivity contribution in [3.63, 3.8) is 0 Å². The summed E-state index contributed by atoms with van der Waals surface area (Å²) >= 11 is 9.58. The third-order valence-corrected chi connectivity index (χ3v) is 3.11. The average molecular weight is 277 g/mol. The van der Waals surface area contributed by atoms with Gasteiger partial charge in [-0.05, 0) is 18.6 Å². The van der Waals surface area contributed by atoms with Gasteiger partial charge in [0.15, 0.2) is 0 Å². The highest BCUT2D eigenvalue weighted by Crippen LogP contribution is 2.28. The monoisotopic (exact) mass is 275 g/mol. The van der Waals surface area contributed by atoms with Crippen LogP contribution in [0, 0.1) is 0 Å². The van der Waals surface area contributed by atoms with E-state index >= 15 is 0 Å². The van der Waals surface area contributed by atoms with E-state index in [2.05, 4.69) is 40.9 Å². The van der Waals surface area contributed by atoms with E-state index in [0.29, 0.717) is 0 Å². The molecule has 0 saturated carbocycles. The zero-order valence-corrected chi connectivity index (χ0v) is 10.9. The molecule has 0 aliphatic heterocycles. The number of hydrogen-bond acceptors (Lipinski definition) is 1. The Morgan fingerprint density at radius 1 is 1.43 bits per heavy atom. The number of halogens is 2. The maximum Gasteiger partial charge on any atom is 0.0467 e. The molecule has 0 N–H and O–H groups in total. The molecule has 3 heteroatoms. The van der Waals surface area contributed by atoms with Crippen LogP contribution in [0.15, 0.2) is 18.2 Å². The highest BCUT2D eigenvalue weighted by molar-refractivity contribution is 9.08. The summed E-state index contributed by atoms with van der Waals surface area (Å²) in [5.74, 6) is 0. The molecule has 0 fully saturated rings. The van der Waals surface area contributed by atoms with E-state index in [4.69, 9.17) is 11.6 Å². The quantitative estimate of drug-likeness (QED) is 0.749. The van der Waals surface area contributed by atoms with Gasteiger partial charge in [-0.15, -0.1) is 0 Å². The Balaban J connectivity index is 3.00. The molecule has 0 aliphatic carbocycles. The van der Waals surface area contributed by atoms with Gasteiger partial charge < -0.3 is 4.90 Å². The van der Waals surface area contributed by atoms with E-state index in [-0.39, 0.29) is 0 Å². The van der Waals surface area contributed by atoms with Crippen molar-refractivity contribution in [2.75, 3.05) is 18.5 Å². The number of rotatable bonds is 4. The third kappa shape index (κ3) is 2.64. The summed E-state index contributed by atoms with van der Waals surface area (Å²) in [5.41, 5.74) is 2.39. The SMILES string of the molecule is CCCN(C)c1cccc(Cl)c1CBr. The van der Waals surface area contributed by atoms with Crippen LogP contribution in [0.4, 0.5) is 5.69 Å². The summed E-state index contributed by atoms with van der Waals surface area (Å²) in [6.07, 6.45) is 1.14. The van der Waals surface area contributed by atoms with Gasteiger partial charge in [-0.2, -0.15) is 0 Å². The van der Waals surface area contributed by atoms with Crippen molar-refractivity contribution in [1.29, 1.82) is 0 Å². The van der Waals surface area contributed by atoms with Crippen molar-refractivity contribution in [3.8, 4) is 0 Å². The molecule has 0 spiro atoms. The minimum atomic E-state index is 0.802. The van der Waals surface area contributed by atoms with Gasteiger partial charge in [-0.25, -0.2) is 0 Å². The molecule has 78 valence electrons. The molecular weight excluding hydrogens is 261 g/mol. The first kappa shape index (κ1) is 11.9. The molecule has 1 nitrogen and oxygen atoms in total. The number of nitrogens with zero attached hydrogens (tertiary/aromatic N) is 1. The van der Waals surface area contributed by atoms with Crippen LogP contribution >= 0.6 is 27.5 Å². The lowest BCUT2D eigenvalue weighted by Gasteiger charge is -2.21. The predicted octanol–water partition coefficient (Wildman–Crippen LogP) is 4.08. The normalized spacial score (nSPS) is 10.3. The van der Waals surface area contributed by atoms with Crippen LogP contribution in [0.25, 0.3) is 0 Å². The first-order valence-corrected chi connectivity index (χ1v) is 6.25. The van der Waals surface area contributed by atoms with Crippen LogP contribution in [-0.4, -0.2) is 13.6 Å². The summed E-state index contributed by atoms with van der Waals surface area (Å²) in [5, 5.41) is 1.64. The minimum absolute atomic E-state index is 0.802. The van der Waals surface area contributed by atoms with E-state index in [1.807, 2.05) is 12.1 Å². The first-order valence-electron chi connectivity index (χ1n) is 4.75. The van der Waals surface area contributed by atoms with E-state index in [1.54, 1.807) is 0 Å². The molecule has 0 saturated heterocycles. The van der Waals surface area contributed by atoms with E-state index in [0.717, 1.165) is 23.3 Å². The fraction of sp³-hybridized carbons (Fsp3) is 0.455. The topological polar surface area (TPSA) is 3.24 Å². The second-order valence-electron chi connectivity index (χ2n) is 3.29. The summed E-state index contributed by atoms with van der Waals surface area (Å²) in [7, 11) is 2.10. The molecule has 1 rings (SSSR count). The van der Waals surface area contributed by atoms with Crippen LogP contribution in [0.5, 0.6) is 0 Å². The van der Waals surface area contributed by atoms with Crippen LogP contribution in [0.3, 0.4) is 0 Å². The molecule has 0 heterocycles. The van der Waals surface area contributed by atoms with Crippen molar-refractivity contribution in [3.05, 3.63) is 28.8 Å². The van der Waals surface area contributed by atoms with Crippen LogP contribution in [-0.2, 0) is 5.33 Å². The minimum Gasteiger partial charge on any atom is -0.374 e.